The van der Waals surface area contributed by atoms with Crippen molar-refractivity contribution in [1.82, 2.24) is 19.6 Å². The molecule has 19 heteroatoms. The lowest BCUT2D eigenvalue weighted by Gasteiger charge is -2.45. The van der Waals surface area contributed by atoms with Crippen molar-refractivity contribution in [2.24, 2.45) is 0 Å². The first-order valence-corrected chi connectivity index (χ1v) is 25.5. The maximum Gasteiger partial charge on any atom is 0.410 e. The van der Waals surface area contributed by atoms with E-state index in [0.717, 1.165) is 6.42 Å². The fourth-order valence-electron chi connectivity index (χ4n) is 8.98. The minimum absolute atomic E-state index is 0.0134. The molecule has 0 aliphatic carbocycles. The van der Waals surface area contributed by atoms with E-state index in [-0.39, 0.29) is 61.6 Å². The second-order valence-corrected chi connectivity index (χ2v) is 20.9. The van der Waals surface area contributed by atoms with Crippen molar-refractivity contribution >= 4 is 30.0 Å². The van der Waals surface area contributed by atoms with Gasteiger partial charge >= 0.3 is 18.2 Å². The highest BCUT2D eigenvalue weighted by atomic mass is 16.6. The highest BCUT2D eigenvalue weighted by Gasteiger charge is 2.41. The minimum Gasteiger partial charge on any atom is -0.493 e. The van der Waals surface area contributed by atoms with E-state index in [1.54, 1.807) is 95.4 Å². The van der Waals surface area contributed by atoms with Crippen LogP contribution in [0.2, 0.25) is 0 Å². The van der Waals surface area contributed by atoms with Crippen LogP contribution < -0.4 is 18.9 Å². The van der Waals surface area contributed by atoms with E-state index in [4.69, 9.17) is 37.9 Å². The Morgan fingerprint density at radius 2 is 1.00 bits per heavy atom. The molecule has 2 fully saturated rings. The largest absolute Gasteiger partial charge is 0.493 e. The molecule has 0 unspecified atom stereocenters. The molecule has 19 nitrogen and oxygen atoms in total. The Morgan fingerprint density at radius 1 is 0.603 bits per heavy atom. The number of likely N-dealkylation sites (tertiary alicyclic amines) is 2. The van der Waals surface area contributed by atoms with Crippen LogP contribution in [0.5, 0.6) is 23.0 Å². The third kappa shape index (κ3) is 19.4. The van der Waals surface area contributed by atoms with Crippen LogP contribution in [0.1, 0.15) is 141 Å². The second-order valence-electron chi connectivity index (χ2n) is 20.9. The van der Waals surface area contributed by atoms with Crippen molar-refractivity contribution in [3.8, 4) is 23.0 Å². The Kier molecular flexibility index (Phi) is 24.9. The average molecular weight is 1030 g/mol. The van der Waals surface area contributed by atoms with Crippen LogP contribution in [-0.4, -0.2) is 182 Å². The number of carboxylic acids is 1. The van der Waals surface area contributed by atoms with Gasteiger partial charge in [0.15, 0.2) is 23.0 Å². The zero-order valence-electron chi connectivity index (χ0n) is 46.0. The third-order valence-corrected chi connectivity index (χ3v) is 12.2. The number of carbonyl (C=O) groups excluding carboxylic acids is 4. The summed E-state index contributed by atoms with van der Waals surface area (Å²) < 4.78 is 43.9. The summed E-state index contributed by atoms with van der Waals surface area (Å²) in [6.45, 7) is 21.1. The molecule has 4 atom stereocenters. The van der Waals surface area contributed by atoms with Crippen molar-refractivity contribution < 1.29 is 72.1 Å². The number of carboxylic acid groups (broad SMARTS) is 1. The molecule has 4 amide bonds. The van der Waals surface area contributed by atoms with Crippen molar-refractivity contribution in [1.29, 1.82) is 0 Å². The summed E-state index contributed by atoms with van der Waals surface area (Å²) in [5.41, 5.74) is -0.432. The van der Waals surface area contributed by atoms with Crippen LogP contribution in [-0.2, 0) is 23.7 Å². The third-order valence-electron chi connectivity index (χ3n) is 12.2. The Hall–Kier alpha value is -5.53. The summed E-state index contributed by atoms with van der Waals surface area (Å²) >= 11 is 0. The lowest BCUT2D eigenvalue weighted by molar-refractivity contribution is -0.138. The standard InChI is InChI=1S/C27H42N2O8.C27H44N2O7/c1-18(2)29(25(32)19-9-12-22(35-7)23(15-19)36-14-8-13-34-6)21-11-10-20(16-24(30)31)28(17-21)26(33)37-27(3,4)5;1-19(2)29(22-11-10-21(13-14-30)28(18-22)26(32)36-27(3,4)5)25(31)20-9-12-23(34-7)24(17-20)35-16-8-15-33-6/h9,12,15,18,20-21H,8,10-11,13-14,16-17H2,1-7H3,(H,30,31);9,12,17,19,21-22,30H,8,10-11,13-16,18H2,1-7H3/t20-,21+;21-,22+/m00/s1. The average Bonchev–Trinajstić information content (AvgIpc) is 3.31. The maximum absolute atomic E-state index is 13.8. The molecule has 2 N–H and O–H groups in total. The summed E-state index contributed by atoms with van der Waals surface area (Å²) in [6.07, 6.45) is 3.13. The number of aliphatic hydroxyl groups is 1. The van der Waals surface area contributed by atoms with Crippen LogP contribution in [0.3, 0.4) is 0 Å². The quantitative estimate of drug-likeness (QED) is 0.106. The number of nitrogens with zero attached hydrogens (tertiary/aromatic N) is 4. The van der Waals surface area contributed by atoms with Crippen LogP contribution in [0.15, 0.2) is 36.4 Å². The number of aliphatic carboxylic acids is 1. The van der Waals surface area contributed by atoms with Crippen molar-refractivity contribution in [3.05, 3.63) is 47.5 Å². The zero-order chi connectivity index (χ0) is 54.6. The molecule has 2 aliphatic heterocycles. The Balaban J connectivity index is 0.000000385. The Labute approximate surface area is 433 Å². The van der Waals surface area contributed by atoms with Crippen LogP contribution >= 0.6 is 0 Å². The van der Waals surface area contributed by atoms with Gasteiger partial charge in [0.05, 0.1) is 45.9 Å². The number of hydrogen-bond donors (Lipinski definition) is 2. The topological polar surface area (TPSA) is 213 Å². The minimum atomic E-state index is -0.981. The van der Waals surface area contributed by atoms with Crippen molar-refractivity contribution in [2.75, 3.05) is 74.6 Å². The highest BCUT2D eigenvalue weighted by molar-refractivity contribution is 5.96. The van der Waals surface area contributed by atoms with Gasteiger partial charge in [-0.05, 0) is 138 Å². The summed E-state index contributed by atoms with van der Waals surface area (Å²) in [4.78, 5) is 71.7. The maximum atomic E-state index is 13.8. The van der Waals surface area contributed by atoms with Crippen LogP contribution in [0.25, 0.3) is 0 Å². The van der Waals surface area contributed by atoms with Gasteiger partial charge in [-0.3, -0.25) is 14.4 Å². The first kappa shape index (κ1) is 61.8. The fraction of sp³-hybridized carbons (Fsp3) is 0.685. The van der Waals surface area contributed by atoms with Gasteiger partial charge in [0, 0.05) is 95.3 Å². The first-order valence-electron chi connectivity index (χ1n) is 25.5. The number of hydrogen-bond acceptors (Lipinski definition) is 14. The van der Waals surface area contributed by atoms with E-state index in [0.29, 0.717) is 106 Å². The smallest absolute Gasteiger partial charge is 0.410 e. The van der Waals surface area contributed by atoms with Crippen molar-refractivity contribution in [3.63, 3.8) is 0 Å². The molecule has 0 saturated carbocycles. The van der Waals surface area contributed by atoms with E-state index in [1.165, 1.54) is 4.90 Å². The van der Waals surface area contributed by atoms with Gasteiger partial charge in [0.25, 0.3) is 11.8 Å². The molecular formula is C54H86N4O15. The number of rotatable bonds is 22. The number of benzene rings is 2. The molecule has 73 heavy (non-hydrogen) atoms. The van der Waals surface area contributed by atoms with Gasteiger partial charge in [-0.2, -0.15) is 0 Å². The molecule has 2 heterocycles. The number of methoxy groups -OCH3 is 4. The molecule has 0 aromatic heterocycles. The van der Waals surface area contributed by atoms with Gasteiger partial charge in [-0.1, -0.05) is 0 Å². The molecule has 0 spiro atoms. The first-order chi connectivity index (χ1) is 34.4. The molecule has 0 radical (unpaired) electrons. The van der Waals surface area contributed by atoms with Crippen molar-refractivity contribution in [2.45, 2.75) is 168 Å². The number of piperidine rings is 2. The lowest BCUT2D eigenvalue weighted by Crippen LogP contribution is -2.57. The molecule has 4 rings (SSSR count). The Bertz CT molecular complexity index is 2070. The molecule has 2 aromatic carbocycles. The highest BCUT2D eigenvalue weighted by Crippen LogP contribution is 2.34. The predicted octanol–water partition coefficient (Wildman–Crippen LogP) is 8.32. The SMILES string of the molecule is COCCCOc1cc(C(=O)N(C(C)C)[C@@H]2CC[C@@H](CC(=O)O)N(C(=O)OC(C)(C)C)C2)ccc1OC.COCCCOc1cc(C(=O)N(C(C)C)[C@@H]2CC[C@@H](CCO)N(C(=O)OC(C)(C)C)C2)ccc1OC. The van der Waals surface area contributed by atoms with Gasteiger partial charge in [-0.25, -0.2) is 9.59 Å². The van der Waals surface area contributed by atoms with Gasteiger partial charge in [0.2, 0.25) is 0 Å². The number of aliphatic hydroxyl groups excluding tert-OH is 1. The number of carbonyl (C=O) groups is 5. The van der Waals surface area contributed by atoms with E-state index < -0.39 is 35.4 Å². The monoisotopic (exact) mass is 1030 g/mol. The fourth-order valence-corrected chi connectivity index (χ4v) is 8.98. The molecule has 2 aromatic rings. The van der Waals surface area contributed by atoms with Crippen LogP contribution in [0, 0.1) is 0 Å². The molecule has 0 bridgehead atoms. The number of ether oxygens (including phenoxy) is 8. The number of amides is 4. The van der Waals surface area contributed by atoms with E-state index in [9.17, 15) is 34.2 Å². The summed E-state index contributed by atoms with van der Waals surface area (Å²) in [5.74, 6) is 0.731. The summed E-state index contributed by atoms with van der Waals surface area (Å²) in [7, 11) is 6.37. The van der Waals surface area contributed by atoms with Crippen LogP contribution in [0.4, 0.5) is 9.59 Å². The van der Waals surface area contributed by atoms with E-state index >= 15 is 0 Å². The zero-order valence-corrected chi connectivity index (χ0v) is 46.0. The summed E-state index contributed by atoms with van der Waals surface area (Å²) in [5, 5.41) is 18.9. The van der Waals surface area contributed by atoms with E-state index in [2.05, 4.69) is 0 Å². The van der Waals surface area contributed by atoms with Gasteiger partial charge < -0.3 is 67.7 Å². The molecule has 412 valence electrons. The molecule has 2 saturated heterocycles. The summed E-state index contributed by atoms with van der Waals surface area (Å²) in [6, 6.07) is 8.88. The van der Waals surface area contributed by atoms with E-state index in [1.807, 2.05) is 53.4 Å². The normalized spacial score (nSPS) is 18.0. The second kappa shape index (κ2) is 29.4. The van der Waals surface area contributed by atoms with Gasteiger partial charge in [-0.15, -0.1) is 0 Å². The predicted molar refractivity (Wildman–Crippen MR) is 276 cm³/mol. The Morgan fingerprint density at radius 3 is 1.34 bits per heavy atom. The van der Waals surface area contributed by atoms with Gasteiger partial charge in [0.1, 0.15) is 11.2 Å². The molecule has 2 aliphatic rings. The lowest BCUT2D eigenvalue weighted by atomic mass is 9.94. The molecular weight excluding hydrogens is 945 g/mol.